The van der Waals surface area contributed by atoms with Gasteiger partial charge in [0.05, 0.1) is 10.6 Å². The SMILES string of the molecule is Cc1cc([N+](=O)[O-])ccc1N=C1SC(=O)C2CCCN12. The standard InChI is InChI=1S/C13H13N3O3S/c1-8-7-9(16(18)19)4-5-10(8)14-13-15-6-2-3-11(15)12(17)20-13/h4-5,7,11H,2-3,6H2,1H3. The zero-order valence-corrected chi connectivity index (χ0v) is 11.7. The zero-order valence-electron chi connectivity index (χ0n) is 10.9. The van der Waals surface area contributed by atoms with Crippen molar-refractivity contribution in [3.8, 4) is 0 Å². The number of carbonyl (C=O) groups excluding carboxylic acids is 1. The minimum absolute atomic E-state index is 0.0305. The Balaban J connectivity index is 1.92. The summed E-state index contributed by atoms with van der Waals surface area (Å²) >= 11 is 1.17. The fourth-order valence-electron chi connectivity index (χ4n) is 2.53. The van der Waals surface area contributed by atoms with Gasteiger partial charge in [-0.15, -0.1) is 0 Å². The Labute approximate surface area is 120 Å². The number of amidine groups is 1. The number of thioether (sulfide) groups is 1. The van der Waals surface area contributed by atoms with Crippen molar-refractivity contribution in [2.24, 2.45) is 4.99 Å². The van der Waals surface area contributed by atoms with Gasteiger partial charge in [0.15, 0.2) is 5.17 Å². The average molecular weight is 291 g/mol. The molecule has 0 aromatic heterocycles. The van der Waals surface area contributed by atoms with Crippen LogP contribution in [0.5, 0.6) is 0 Å². The molecule has 0 bridgehead atoms. The van der Waals surface area contributed by atoms with E-state index in [2.05, 4.69) is 4.99 Å². The molecule has 2 aliphatic rings. The van der Waals surface area contributed by atoms with E-state index < -0.39 is 4.92 Å². The first-order valence-electron chi connectivity index (χ1n) is 6.38. The van der Waals surface area contributed by atoms with Crippen LogP contribution in [0.1, 0.15) is 18.4 Å². The van der Waals surface area contributed by atoms with Crippen LogP contribution in [0.15, 0.2) is 23.2 Å². The third kappa shape index (κ3) is 2.18. The number of hydrogen-bond acceptors (Lipinski definition) is 5. The summed E-state index contributed by atoms with van der Waals surface area (Å²) in [5, 5.41) is 11.6. The van der Waals surface area contributed by atoms with Gasteiger partial charge >= 0.3 is 0 Å². The fraction of sp³-hybridized carbons (Fsp3) is 0.385. The summed E-state index contributed by atoms with van der Waals surface area (Å²) in [6, 6.07) is 4.55. The number of fused-ring (bicyclic) bond motifs is 1. The fourth-order valence-corrected chi connectivity index (χ4v) is 3.57. The number of nitrogens with zero attached hydrogens (tertiary/aromatic N) is 3. The summed E-state index contributed by atoms with van der Waals surface area (Å²) < 4.78 is 0. The minimum atomic E-state index is -0.422. The number of non-ortho nitro benzene ring substituents is 1. The lowest BCUT2D eigenvalue weighted by Gasteiger charge is -2.15. The highest BCUT2D eigenvalue weighted by atomic mass is 32.2. The van der Waals surface area contributed by atoms with Crippen molar-refractivity contribution in [1.29, 1.82) is 0 Å². The lowest BCUT2D eigenvalue weighted by molar-refractivity contribution is -0.384. The first kappa shape index (κ1) is 13.1. The van der Waals surface area contributed by atoms with Crippen LogP contribution in [0.4, 0.5) is 11.4 Å². The third-order valence-corrected chi connectivity index (χ3v) is 4.55. The molecule has 1 unspecified atom stereocenters. The number of nitro benzene ring substituents is 1. The second-order valence-electron chi connectivity index (χ2n) is 4.89. The van der Waals surface area contributed by atoms with Gasteiger partial charge in [-0.3, -0.25) is 14.9 Å². The second-order valence-corrected chi connectivity index (χ2v) is 5.87. The first-order valence-corrected chi connectivity index (χ1v) is 7.20. The molecular weight excluding hydrogens is 278 g/mol. The Bertz CT molecular complexity index is 629. The van der Waals surface area contributed by atoms with Crippen LogP contribution < -0.4 is 0 Å². The van der Waals surface area contributed by atoms with Crippen molar-refractivity contribution in [1.82, 2.24) is 4.90 Å². The van der Waals surface area contributed by atoms with Crippen LogP contribution >= 0.6 is 11.8 Å². The van der Waals surface area contributed by atoms with Crippen molar-refractivity contribution in [3.63, 3.8) is 0 Å². The molecule has 2 fully saturated rings. The van der Waals surface area contributed by atoms with E-state index >= 15 is 0 Å². The molecule has 1 atom stereocenters. The highest BCUT2D eigenvalue weighted by Gasteiger charge is 2.41. The first-order chi connectivity index (χ1) is 9.56. The molecule has 7 heteroatoms. The van der Waals surface area contributed by atoms with Crippen molar-refractivity contribution < 1.29 is 9.72 Å². The van der Waals surface area contributed by atoms with Crippen molar-refractivity contribution in [3.05, 3.63) is 33.9 Å². The summed E-state index contributed by atoms with van der Waals surface area (Å²) in [7, 11) is 0. The molecule has 3 rings (SSSR count). The van der Waals surface area contributed by atoms with Gasteiger partial charge in [0.25, 0.3) is 5.69 Å². The van der Waals surface area contributed by atoms with Crippen LogP contribution in [0, 0.1) is 17.0 Å². The summed E-state index contributed by atoms with van der Waals surface area (Å²) in [6.07, 6.45) is 1.90. The molecule has 20 heavy (non-hydrogen) atoms. The van der Waals surface area contributed by atoms with E-state index in [4.69, 9.17) is 0 Å². The van der Waals surface area contributed by atoms with Gasteiger partial charge < -0.3 is 4.90 Å². The van der Waals surface area contributed by atoms with E-state index in [1.54, 1.807) is 13.0 Å². The lowest BCUT2D eigenvalue weighted by atomic mass is 10.2. The van der Waals surface area contributed by atoms with Crippen LogP contribution in [0.25, 0.3) is 0 Å². The van der Waals surface area contributed by atoms with E-state index in [0.717, 1.165) is 30.1 Å². The molecule has 0 amide bonds. The normalized spacial score (nSPS) is 23.4. The maximum absolute atomic E-state index is 11.8. The maximum atomic E-state index is 11.8. The van der Waals surface area contributed by atoms with Crippen LogP contribution in [-0.2, 0) is 4.79 Å². The van der Waals surface area contributed by atoms with Gasteiger partial charge in [-0.2, -0.15) is 0 Å². The molecule has 0 aliphatic carbocycles. The Morgan fingerprint density at radius 3 is 3.00 bits per heavy atom. The molecule has 1 aromatic carbocycles. The average Bonchev–Trinajstić information content (AvgIpc) is 2.97. The van der Waals surface area contributed by atoms with Crippen molar-refractivity contribution >= 4 is 33.4 Å². The number of benzene rings is 1. The smallest absolute Gasteiger partial charge is 0.269 e. The van der Waals surface area contributed by atoms with E-state index in [1.165, 1.54) is 23.9 Å². The van der Waals surface area contributed by atoms with Crippen LogP contribution in [0.2, 0.25) is 0 Å². The number of rotatable bonds is 2. The quantitative estimate of drug-likeness (QED) is 0.618. The lowest BCUT2D eigenvalue weighted by Crippen LogP contribution is -2.28. The van der Waals surface area contributed by atoms with E-state index in [1.807, 2.05) is 4.90 Å². The summed E-state index contributed by atoms with van der Waals surface area (Å²) in [5.74, 6) is 0. The molecule has 1 aromatic rings. The highest BCUT2D eigenvalue weighted by Crippen LogP contribution is 2.35. The van der Waals surface area contributed by atoms with E-state index in [-0.39, 0.29) is 16.8 Å². The number of aryl methyl sites for hydroxylation is 1. The van der Waals surface area contributed by atoms with Gasteiger partial charge in [0.2, 0.25) is 5.12 Å². The minimum Gasteiger partial charge on any atom is -0.340 e. The zero-order chi connectivity index (χ0) is 14.3. The molecule has 0 radical (unpaired) electrons. The van der Waals surface area contributed by atoms with Crippen molar-refractivity contribution in [2.75, 3.05) is 6.54 Å². The summed E-state index contributed by atoms with van der Waals surface area (Å²) in [6.45, 7) is 2.64. The number of nitro groups is 1. The highest BCUT2D eigenvalue weighted by molar-refractivity contribution is 8.26. The summed E-state index contributed by atoms with van der Waals surface area (Å²) in [4.78, 5) is 28.7. The topological polar surface area (TPSA) is 75.8 Å². The third-order valence-electron chi connectivity index (χ3n) is 3.57. The van der Waals surface area contributed by atoms with Gasteiger partial charge in [-0.1, -0.05) is 0 Å². The molecule has 0 N–H and O–H groups in total. The maximum Gasteiger partial charge on any atom is 0.269 e. The molecule has 0 saturated carbocycles. The molecule has 104 valence electrons. The monoisotopic (exact) mass is 291 g/mol. The van der Waals surface area contributed by atoms with Gasteiger partial charge in [-0.25, -0.2) is 4.99 Å². The molecule has 6 nitrogen and oxygen atoms in total. The van der Waals surface area contributed by atoms with Gasteiger partial charge in [-0.05, 0) is 43.2 Å². The molecule has 2 heterocycles. The second kappa shape index (κ2) is 4.90. The predicted molar refractivity (Wildman–Crippen MR) is 77.3 cm³/mol. The van der Waals surface area contributed by atoms with Crippen LogP contribution in [0.3, 0.4) is 0 Å². The summed E-state index contributed by atoms with van der Waals surface area (Å²) in [5.41, 5.74) is 1.47. The molecule has 0 spiro atoms. The van der Waals surface area contributed by atoms with E-state index in [0.29, 0.717) is 5.69 Å². The van der Waals surface area contributed by atoms with Gasteiger partial charge in [0.1, 0.15) is 6.04 Å². The largest absolute Gasteiger partial charge is 0.340 e. The van der Waals surface area contributed by atoms with Crippen LogP contribution in [-0.4, -0.2) is 32.7 Å². The molecular formula is C13H13N3O3S. The van der Waals surface area contributed by atoms with Gasteiger partial charge in [0, 0.05) is 18.7 Å². The number of hydrogen-bond donors (Lipinski definition) is 0. The van der Waals surface area contributed by atoms with Crippen molar-refractivity contribution in [2.45, 2.75) is 25.8 Å². The Hall–Kier alpha value is -1.89. The Kier molecular flexibility index (Phi) is 3.21. The molecule has 2 aliphatic heterocycles. The Morgan fingerprint density at radius 2 is 2.30 bits per heavy atom. The van der Waals surface area contributed by atoms with E-state index in [9.17, 15) is 14.9 Å². The number of aliphatic imine (C=N–C) groups is 1. The predicted octanol–water partition coefficient (Wildman–Crippen LogP) is 2.63. The number of carbonyl (C=O) groups is 1. The Morgan fingerprint density at radius 1 is 1.50 bits per heavy atom. The molecule has 2 saturated heterocycles.